The largest absolute Gasteiger partial charge is 0.486 e. The second-order valence-corrected chi connectivity index (χ2v) is 5.99. The van der Waals surface area contributed by atoms with Crippen LogP contribution in [0.5, 0.6) is 11.5 Å². The molecule has 1 aromatic heterocycles. The van der Waals surface area contributed by atoms with Gasteiger partial charge in [0.15, 0.2) is 16.5 Å². The average molecular weight is 362 g/mol. The Morgan fingerprint density at radius 2 is 2.13 bits per heavy atom. The van der Waals surface area contributed by atoms with Crippen LogP contribution in [0.3, 0.4) is 0 Å². The monoisotopic (exact) mass is 361 g/mol. The van der Waals surface area contributed by atoms with Crippen molar-refractivity contribution in [1.82, 2.24) is 10.2 Å². The lowest BCUT2D eigenvalue weighted by Gasteiger charge is -2.20. The van der Waals surface area contributed by atoms with Gasteiger partial charge in [-0.3, -0.25) is 4.79 Å². The highest BCUT2D eigenvalue weighted by atomic mass is 35.5. The van der Waals surface area contributed by atoms with Crippen LogP contribution in [0.15, 0.2) is 12.1 Å². The van der Waals surface area contributed by atoms with E-state index < -0.39 is 17.3 Å². The number of aromatic nitrogens is 2. The van der Waals surface area contributed by atoms with Gasteiger partial charge >= 0.3 is 0 Å². The molecular weight excluding hydrogens is 352 g/mol. The lowest BCUT2D eigenvalue weighted by atomic mass is 10.1. The maximum Gasteiger partial charge on any atom is 0.291 e. The van der Waals surface area contributed by atoms with E-state index in [1.165, 1.54) is 0 Å². The van der Waals surface area contributed by atoms with Crippen molar-refractivity contribution in [1.29, 1.82) is 0 Å². The fourth-order valence-corrected chi connectivity index (χ4v) is 2.89. The van der Waals surface area contributed by atoms with Gasteiger partial charge in [0.2, 0.25) is 11.0 Å². The molecule has 1 N–H and O–H groups in total. The molecule has 3 rings (SSSR count). The molecule has 1 aromatic carbocycles. The van der Waals surface area contributed by atoms with Gasteiger partial charge in [0, 0.05) is 0 Å². The van der Waals surface area contributed by atoms with Gasteiger partial charge in [-0.25, -0.2) is 8.78 Å². The number of rotatable bonds is 4. The maximum absolute atomic E-state index is 12.4. The fourth-order valence-electron chi connectivity index (χ4n) is 1.99. The summed E-state index contributed by atoms with van der Waals surface area (Å²) in [5, 5.41) is 9.14. The van der Waals surface area contributed by atoms with E-state index in [9.17, 15) is 13.6 Å². The normalized spacial score (nSPS) is 13.2. The van der Waals surface area contributed by atoms with Crippen molar-refractivity contribution < 1.29 is 23.0 Å². The van der Waals surface area contributed by atoms with Crippen LogP contribution in [0.25, 0.3) is 0 Å². The molecule has 122 valence electrons. The van der Waals surface area contributed by atoms with Crippen LogP contribution < -0.4 is 14.8 Å². The summed E-state index contributed by atoms with van der Waals surface area (Å²) in [5.41, 5.74) is 0.607. The number of ether oxygens (including phenoxy) is 2. The number of carbonyl (C=O) groups is 1. The minimum absolute atomic E-state index is 0.0139. The lowest BCUT2D eigenvalue weighted by Crippen LogP contribution is -2.17. The van der Waals surface area contributed by atoms with Crippen molar-refractivity contribution in [3.05, 3.63) is 27.7 Å². The molecule has 0 bridgehead atoms. The summed E-state index contributed by atoms with van der Waals surface area (Å²) in [6.45, 7) is 0.816. The van der Waals surface area contributed by atoms with E-state index in [2.05, 4.69) is 15.5 Å². The first-order chi connectivity index (χ1) is 11.0. The number of benzene rings is 1. The smallest absolute Gasteiger partial charge is 0.291 e. The summed E-state index contributed by atoms with van der Waals surface area (Å²) in [6, 6.07) is 3.25. The van der Waals surface area contributed by atoms with Gasteiger partial charge in [-0.15, -0.1) is 10.2 Å². The zero-order chi connectivity index (χ0) is 16.4. The molecule has 2 aromatic rings. The van der Waals surface area contributed by atoms with Crippen molar-refractivity contribution in [3.63, 3.8) is 0 Å². The second kappa shape index (κ2) is 6.63. The number of hydrogen-bond donors (Lipinski definition) is 1. The minimum Gasteiger partial charge on any atom is -0.486 e. The molecule has 0 radical (unpaired) electrons. The van der Waals surface area contributed by atoms with Crippen LogP contribution in [0, 0.1) is 0 Å². The molecule has 0 atom stereocenters. The molecule has 10 heteroatoms. The van der Waals surface area contributed by atoms with E-state index in [4.69, 9.17) is 21.1 Å². The Labute approximate surface area is 138 Å². The van der Waals surface area contributed by atoms with E-state index in [1.54, 1.807) is 12.1 Å². The summed E-state index contributed by atoms with van der Waals surface area (Å²) in [7, 11) is 0. The molecule has 0 aliphatic carbocycles. The van der Waals surface area contributed by atoms with Gasteiger partial charge in [-0.05, 0) is 17.7 Å². The maximum atomic E-state index is 12.4. The van der Waals surface area contributed by atoms with Gasteiger partial charge in [0.1, 0.15) is 13.2 Å². The molecule has 0 spiro atoms. The number of halogens is 3. The Hall–Kier alpha value is -2.00. The summed E-state index contributed by atoms with van der Waals surface area (Å²) in [4.78, 5) is 12.0. The van der Waals surface area contributed by atoms with E-state index in [0.717, 1.165) is 0 Å². The Kier molecular flexibility index (Phi) is 4.58. The topological polar surface area (TPSA) is 73.3 Å². The first-order valence-electron chi connectivity index (χ1n) is 6.52. The quantitative estimate of drug-likeness (QED) is 0.906. The van der Waals surface area contributed by atoms with Gasteiger partial charge in [-0.1, -0.05) is 22.9 Å². The third-order valence-corrected chi connectivity index (χ3v) is 4.02. The molecular formula is C13H10ClF2N3O3S. The van der Waals surface area contributed by atoms with Crippen molar-refractivity contribution >= 4 is 34.0 Å². The summed E-state index contributed by atoms with van der Waals surface area (Å²) in [5.74, 6) is 0.505. The Bertz CT molecular complexity index is 741. The van der Waals surface area contributed by atoms with E-state index in [0.29, 0.717) is 46.6 Å². The lowest BCUT2D eigenvalue weighted by molar-refractivity contribution is -0.115. The highest BCUT2D eigenvalue weighted by molar-refractivity contribution is 7.15. The minimum atomic E-state index is -2.71. The van der Waals surface area contributed by atoms with Crippen LogP contribution in [0.2, 0.25) is 5.02 Å². The summed E-state index contributed by atoms with van der Waals surface area (Å²) < 4.78 is 35.7. The third-order valence-electron chi connectivity index (χ3n) is 2.89. The fraction of sp³-hybridized carbons (Fsp3) is 0.308. The van der Waals surface area contributed by atoms with Crippen LogP contribution in [0.4, 0.5) is 13.9 Å². The van der Waals surface area contributed by atoms with Crippen molar-refractivity contribution in [3.8, 4) is 11.5 Å². The molecule has 1 aliphatic heterocycles. The number of anilines is 1. The zero-order valence-electron chi connectivity index (χ0n) is 11.5. The number of hydrogen-bond acceptors (Lipinski definition) is 6. The Balaban J connectivity index is 1.69. The molecule has 0 unspecified atom stereocenters. The Morgan fingerprint density at radius 1 is 1.35 bits per heavy atom. The zero-order valence-corrected chi connectivity index (χ0v) is 13.1. The predicted molar refractivity (Wildman–Crippen MR) is 79.6 cm³/mol. The number of fused-ring (bicyclic) bond motifs is 1. The van der Waals surface area contributed by atoms with Crippen LogP contribution >= 0.6 is 22.9 Å². The molecule has 0 saturated heterocycles. The molecule has 2 heterocycles. The summed E-state index contributed by atoms with van der Waals surface area (Å²) >= 11 is 6.72. The second-order valence-electron chi connectivity index (χ2n) is 4.57. The van der Waals surface area contributed by atoms with E-state index in [1.807, 2.05) is 0 Å². The highest BCUT2D eigenvalue weighted by Gasteiger charge is 2.19. The third kappa shape index (κ3) is 3.67. The van der Waals surface area contributed by atoms with Gasteiger partial charge in [0.25, 0.3) is 6.43 Å². The number of nitrogens with zero attached hydrogens (tertiary/aromatic N) is 2. The van der Waals surface area contributed by atoms with Crippen LogP contribution in [-0.4, -0.2) is 29.3 Å². The summed E-state index contributed by atoms with van der Waals surface area (Å²) in [6.07, 6.45) is -2.73. The van der Waals surface area contributed by atoms with Crippen LogP contribution in [0.1, 0.15) is 17.0 Å². The first kappa shape index (κ1) is 15.9. The molecule has 6 nitrogen and oxygen atoms in total. The molecule has 0 fully saturated rings. The Morgan fingerprint density at radius 3 is 2.87 bits per heavy atom. The van der Waals surface area contributed by atoms with Gasteiger partial charge < -0.3 is 14.8 Å². The van der Waals surface area contributed by atoms with Crippen LogP contribution in [-0.2, 0) is 11.2 Å². The molecule has 0 saturated carbocycles. The standard InChI is InChI=1S/C13H10ClF2N3O3S/c14-7-3-6(4-8-10(7)22-2-1-21-8)5-9(20)17-13-19-18-12(23-13)11(15)16/h3-4,11H,1-2,5H2,(H,17,19,20). The number of amides is 1. The van der Waals surface area contributed by atoms with Crippen molar-refractivity contribution in [2.45, 2.75) is 12.8 Å². The molecule has 23 heavy (non-hydrogen) atoms. The number of alkyl halides is 2. The number of carbonyl (C=O) groups excluding carboxylic acids is 1. The average Bonchev–Trinajstić information content (AvgIpc) is 2.96. The first-order valence-corrected chi connectivity index (χ1v) is 7.72. The van der Waals surface area contributed by atoms with E-state index >= 15 is 0 Å². The molecule has 1 amide bonds. The molecule has 1 aliphatic rings. The van der Waals surface area contributed by atoms with Gasteiger partial charge in [-0.2, -0.15) is 0 Å². The highest BCUT2D eigenvalue weighted by Crippen LogP contribution is 2.38. The van der Waals surface area contributed by atoms with Crippen molar-refractivity contribution in [2.75, 3.05) is 18.5 Å². The SMILES string of the molecule is O=C(Cc1cc(Cl)c2c(c1)OCCO2)Nc1nnc(C(F)F)s1. The van der Waals surface area contributed by atoms with Gasteiger partial charge in [0.05, 0.1) is 11.4 Å². The van der Waals surface area contributed by atoms with Crippen molar-refractivity contribution in [2.24, 2.45) is 0 Å². The number of nitrogens with one attached hydrogen (secondary N) is 1. The van der Waals surface area contributed by atoms with E-state index in [-0.39, 0.29) is 11.6 Å². The predicted octanol–water partition coefficient (Wildman–Crippen LogP) is 3.08.